The van der Waals surface area contributed by atoms with Crippen LogP contribution in [0.25, 0.3) is 22.9 Å². The van der Waals surface area contributed by atoms with Gasteiger partial charge in [0.05, 0.1) is 14.2 Å². The molecular weight excluding hydrogens is 338 g/mol. The van der Waals surface area contributed by atoms with Gasteiger partial charge in [-0.1, -0.05) is 36.4 Å². The minimum Gasteiger partial charge on any atom is -0.493 e. The monoisotopic (exact) mass is 359 g/mol. The van der Waals surface area contributed by atoms with Crippen LogP contribution in [0.2, 0.25) is 0 Å². The maximum atomic E-state index is 8.51. The van der Waals surface area contributed by atoms with Gasteiger partial charge in [-0.05, 0) is 34.5 Å². The summed E-state index contributed by atoms with van der Waals surface area (Å²) in [4.78, 5) is 1.77. The third-order valence-electron chi connectivity index (χ3n) is 4.89. The SMILES string of the molecule is COc1ccc(N(C)C(=N)Nc2ccc3cccc4c3c2C=C4)cc1OC. The first kappa shape index (κ1) is 17.0. The van der Waals surface area contributed by atoms with Crippen molar-refractivity contribution >= 4 is 40.3 Å². The predicted octanol–water partition coefficient (Wildman–Crippen LogP) is 4.82. The summed E-state index contributed by atoms with van der Waals surface area (Å²) in [5, 5.41) is 14.2. The van der Waals surface area contributed by atoms with Gasteiger partial charge in [-0.2, -0.15) is 0 Å². The molecule has 1 aliphatic carbocycles. The second kappa shape index (κ2) is 6.68. The highest BCUT2D eigenvalue weighted by Gasteiger charge is 2.16. The lowest BCUT2D eigenvalue weighted by atomic mass is 10.0. The molecule has 0 amide bonds. The van der Waals surface area contributed by atoms with E-state index in [0.717, 1.165) is 16.9 Å². The van der Waals surface area contributed by atoms with Crippen molar-refractivity contribution in [1.29, 1.82) is 5.41 Å². The summed E-state index contributed by atoms with van der Waals surface area (Å²) in [6, 6.07) is 16.0. The molecule has 3 aromatic carbocycles. The molecule has 1 aliphatic rings. The lowest BCUT2D eigenvalue weighted by molar-refractivity contribution is 0.355. The van der Waals surface area contributed by atoms with Crippen LogP contribution < -0.4 is 19.7 Å². The highest BCUT2D eigenvalue weighted by atomic mass is 16.5. The standard InChI is InChI=1S/C22H21N3O2/c1-25(16-9-12-19(26-2)20(13-16)27-3)22(23)24-18-11-8-15-6-4-5-14-7-10-17(18)21(14)15/h4-13H,1-3H3,(H2,23,24). The molecule has 0 fully saturated rings. The molecule has 0 atom stereocenters. The van der Waals surface area contributed by atoms with Gasteiger partial charge in [0.15, 0.2) is 17.5 Å². The number of nitrogens with zero attached hydrogens (tertiary/aromatic N) is 1. The summed E-state index contributed by atoms with van der Waals surface area (Å²) >= 11 is 0. The van der Waals surface area contributed by atoms with Crippen molar-refractivity contribution in [3.8, 4) is 11.5 Å². The summed E-state index contributed by atoms with van der Waals surface area (Å²) < 4.78 is 10.6. The minimum atomic E-state index is 0.274. The molecule has 0 saturated carbocycles. The molecule has 5 heteroatoms. The van der Waals surface area contributed by atoms with Crippen molar-refractivity contribution in [2.24, 2.45) is 0 Å². The van der Waals surface area contributed by atoms with Crippen LogP contribution in [0.3, 0.4) is 0 Å². The Kier molecular flexibility index (Phi) is 4.20. The number of hydrogen-bond acceptors (Lipinski definition) is 3. The third-order valence-corrected chi connectivity index (χ3v) is 4.89. The molecule has 2 N–H and O–H groups in total. The first-order valence-corrected chi connectivity index (χ1v) is 8.67. The highest BCUT2D eigenvalue weighted by Crippen LogP contribution is 2.36. The van der Waals surface area contributed by atoms with Crippen molar-refractivity contribution in [2.45, 2.75) is 0 Å². The minimum absolute atomic E-state index is 0.274. The van der Waals surface area contributed by atoms with Crippen molar-refractivity contribution in [3.63, 3.8) is 0 Å². The lowest BCUT2D eigenvalue weighted by Crippen LogP contribution is -2.32. The Balaban J connectivity index is 1.62. The summed E-state index contributed by atoms with van der Waals surface area (Å²) in [5.41, 5.74) is 4.08. The molecule has 3 aromatic rings. The van der Waals surface area contributed by atoms with Gasteiger partial charge in [0.25, 0.3) is 0 Å². The van der Waals surface area contributed by atoms with Gasteiger partial charge in [-0.25, -0.2) is 0 Å². The fourth-order valence-corrected chi connectivity index (χ4v) is 3.40. The predicted molar refractivity (Wildman–Crippen MR) is 112 cm³/mol. The molecule has 4 rings (SSSR count). The Hall–Kier alpha value is -3.47. The number of methoxy groups -OCH3 is 2. The smallest absolute Gasteiger partial charge is 0.199 e. The van der Waals surface area contributed by atoms with Crippen molar-refractivity contribution < 1.29 is 9.47 Å². The summed E-state index contributed by atoms with van der Waals surface area (Å²) in [6.07, 6.45) is 4.22. The average molecular weight is 359 g/mol. The molecule has 0 radical (unpaired) electrons. The molecule has 0 unspecified atom stereocenters. The number of nitrogens with one attached hydrogen (secondary N) is 2. The molecule has 0 aromatic heterocycles. The number of anilines is 2. The lowest BCUT2D eigenvalue weighted by Gasteiger charge is -2.23. The zero-order chi connectivity index (χ0) is 19.0. The number of rotatable bonds is 4. The first-order chi connectivity index (χ1) is 13.1. The highest BCUT2D eigenvalue weighted by molar-refractivity contribution is 6.12. The Morgan fingerprint density at radius 3 is 2.56 bits per heavy atom. The molecule has 0 spiro atoms. The van der Waals surface area contributed by atoms with E-state index in [-0.39, 0.29) is 5.96 Å². The van der Waals surface area contributed by atoms with E-state index >= 15 is 0 Å². The summed E-state index contributed by atoms with van der Waals surface area (Å²) in [7, 11) is 5.06. The fraction of sp³-hybridized carbons (Fsp3) is 0.136. The number of hydrogen-bond donors (Lipinski definition) is 2. The van der Waals surface area contributed by atoms with Gasteiger partial charge in [0, 0.05) is 30.1 Å². The van der Waals surface area contributed by atoms with E-state index < -0.39 is 0 Å². The zero-order valence-corrected chi connectivity index (χ0v) is 15.5. The number of guanidine groups is 1. The largest absolute Gasteiger partial charge is 0.493 e. The van der Waals surface area contributed by atoms with E-state index in [1.807, 2.05) is 31.3 Å². The maximum absolute atomic E-state index is 8.51. The summed E-state index contributed by atoms with van der Waals surface area (Å²) in [6.45, 7) is 0. The number of benzene rings is 3. The average Bonchev–Trinajstić information content (AvgIpc) is 3.15. The molecule has 0 aliphatic heterocycles. The van der Waals surface area contributed by atoms with Crippen LogP contribution in [-0.4, -0.2) is 27.2 Å². The van der Waals surface area contributed by atoms with E-state index in [9.17, 15) is 0 Å². The topological polar surface area (TPSA) is 57.6 Å². The molecule has 27 heavy (non-hydrogen) atoms. The number of ether oxygens (including phenoxy) is 2. The van der Waals surface area contributed by atoms with Crippen LogP contribution in [0.4, 0.5) is 11.4 Å². The Morgan fingerprint density at radius 2 is 1.78 bits per heavy atom. The Morgan fingerprint density at radius 1 is 0.963 bits per heavy atom. The van der Waals surface area contributed by atoms with Gasteiger partial charge >= 0.3 is 0 Å². The van der Waals surface area contributed by atoms with E-state index in [0.29, 0.717) is 11.5 Å². The van der Waals surface area contributed by atoms with Crippen molar-refractivity contribution in [2.75, 3.05) is 31.5 Å². The van der Waals surface area contributed by atoms with Crippen LogP contribution >= 0.6 is 0 Å². The molecular formula is C22H21N3O2. The van der Waals surface area contributed by atoms with Crippen LogP contribution in [-0.2, 0) is 0 Å². The van der Waals surface area contributed by atoms with E-state index in [4.69, 9.17) is 14.9 Å². The van der Waals surface area contributed by atoms with Gasteiger partial charge in [0.2, 0.25) is 0 Å². The summed E-state index contributed by atoms with van der Waals surface area (Å²) in [5.74, 6) is 1.57. The van der Waals surface area contributed by atoms with Crippen LogP contribution in [0.15, 0.2) is 48.5 Å². The molecule has 0 saturated heterocycles. The molecule has 0 heterocycles. The van der Waals surface area contributed by atoms with Crippen LogP contribution in [0, 0.1) is 5.41 Å². The second-order valence-electron chi connectivity index (χ2n) is 6.38. The third kappa shape index (κ3) is 2.87. The van der Waals surface area contributed by atoms with E-state index in [1.54, 1.807) is 19.1 Å². The second-order valence-corrected chi connectivity index (χ2v) is 6.38. The molecule has 0 bridgehead atoms. The van der Waals surface area contributed by atoms with Gasteiger partial charge in [-0.15, -0.1) is 0 Å². The quantitative estimate of drug-likeness (QED) is 0.405. The van der Waals surface area contributed by atoms with Crippen molar-refractivity contribution in [1.82, 2.24) is 0 Å². The molecule has 5 nitrogen and oxygen atoms in total. The van der Waals surface area contributed by atoms with E-state index in [1.165, 1.54) is 16.3 Å². The van der Waals surface area contributed by atoms with Crippen LogP contribution in [0.5, 0.6) is 11.5 Å². The Bertz CT molecular complexity index is 1070. The normalized spacial score (nSPS) is 11.5. The molecule has 136 valence electrons. The first-order valence-electron chi connectivity index (χ1n) is 8.67. The van der Waals surface area contributed by atoms with Gasteiger partial charge in [-0.3, -0.25) is 5.41 Å². The van der Waals surface area contributed by atoms with E-state index in [2.05, 4.69) is 41.7 Å². The fourth-order valence-electron chi connectivity index (χ4n) is 3.40. The van der Waals surface area contributed by atoms with Gasteiger partial charge in [0.1, 0.15) is 0 Å². The maximum Gasteiger partial charge on any atom is 0.199 e. The van der Waals surface area contributed by atoms with Gasteiger partial charge < -0.3 is 19.7 Å². The van der Waals surface area contributed by atoms with Crippen LogP contribution in [0.1, 0.15) is 11.1 Å². The zero-order valence-electron chi connectivity index (χ0n) is 15.5. The Labute approximate surface area is 158 Å². The van der Waals surface area contributed by atoms with Crippen molar-refractivity contribution in [3.05, 3.63) is 59.7 Å².